The van der Waals surface area contributed by atoms with E-state index in [-0.39, 0.29) is 22.5 Å². The average molecular weight is 479 g/mol. The van der Waals surface area contributed by atoms with E-state index < -0.39 is 10.1 Å². The normalized spacial score (nSPS) is 13.7. The lowest BCUT2D eigenvalue weighted by molar-refractivity contribution is -0.128. The van der Waals surface area contributed by atoms with Crippen molar-refractivity contribution < 1.29 is 22.2 Å². The molecule has 8 heteroatoms. The van der Waals surface area contributed by atoms with E-state index in [1.54, 1.807) is 25.1 Å². The van der Waals surface area contributed by atoms with Crippen molar-refractivity contribution in [2.75, 3.05) is 11.9 Å². The maximum atomic E-state index is 12.7. The number of carbonyl (C=O) groups is 2. The lowest BCUT2D eigenvalue weighted by Gasteiger charge is -2.16. The van der Waals surface area contributed by atoms with Crippen LogP contribution in [0.25, 0.3) is 0 Å². The number of rotatable bonds is 7. The van der Waals surface area contributed by atoms with Crippen LogP contribution < -0.4 is 9.50 Å². The van der Waals surface area contributed by atoms with Crippen LogP contribution in [0.1, 0.15) is 39.9 Å². The number of nitrogens with zero attached hydrogens (tertiary/aromatic N) is 1. The first-order valence-corrected chi connectivity index (χ1v) is 12.4. The molecule has 2 amide bonds. The molecular weight excluding hydrogens is 452 g/mol. The molecule has 1 heterocycles. The van der Waals surface area contributed by atoms with Gasteiger partial charge in [-0.05, 0) is 79.4 Å². The summed E-state index contributed by atoms with van der Waals surface area (Å²) in [5, 5.41) is 2.84. The second-order valence-electron chi connectivity index (χ2n) is 8.40. The molecule has 0 bridgehead atoms. The molecule has 0 radical (unpaired) electrons. The Bertz CT molecular complexity index is 1330. The number of likely N-dealkylation sites (tertiary alicyclic amines) is 1. The van der Waals surface area contributed by atoms with Crippen LogP contribution in [0.5, 0.6) is 5.75 Å². The molecule has 1 aliphatic rings. The largest absolute Gasteiger partial charge is 0.379 e. The van der Waals surface area contributed by atoms with Crippen molar-refractivity contribution in [3.05, 3.63) is 89.0 Å². The molecular formula is C26H26N2O5S. The van der Waals surface area contributed by atoms with Gasteiger partial charge in [-0.3, -0.25) is 9.59 Å². The van der Waals surface area contributed by atoms with E-state index in [9.17, 15) is 18.0 Å². The molecule has 1 N–H and O–H groups in total. The van der Waals surface area contributed by atoms with Gasteiger partial charge in [0.05, 0.1) is 0 Å². The van der Waals surface area contributed by atoms with Crippen molar-refractivity contribution in [1.82, 2.24) is 4.90 Å². The van der Waals surface area contributed by atoms with E-state index in [1.165, 1.54) is 24.3 Å². The van der Waals surface area contributed by atoms with E-state index in [0.29, 0.717) is 29.8 Å². The second-order valence-corrected chi connectivity index (χ2v) is 9.92. The van der Waals surface area contributed by atoms with E-state index in [0.717, 1.165) is 24.1 Å². The number of aryl methyl sites for hydroxylation is 2. The van der Waals surface area contributed by atoms with Crippen molar-refractivity contribution in [3.8, 4) is 5.75 Å². The van der Waals surface area contributed by atoms with Crippen LogP contribution in [0.15, 0.2) is 71.6 Å². The van der Waals surface area contributed by atoms with Gasteiger partial charge in [-0.25, -0.2) is 0 Å². The van der Waals surface area contributed by atoms with Crippen molar-refractivity contribution in [2.24, 2.45) is 0 Å². The van der Waals surface area contributed by atoms with Gasteiger partial charge in [0, 0.05) is 30.8 Å². The summed E-state index contributed by atoms with van der Waals surface area (Å²) in [6.07, 6.45) is 1.46. The maximum absolute atomic E-state index is 12.7. The molecule has 0 saturated carbocycles. The molecule has 34 heavy (non-hydrogen) atoms. The number of benzene rings is 3. The highest BCUT2D eigenvalue weighted by Gasteiger charge is 2.21. The summed E-state index contributed by atoms with van der Waals surface area (Å²) in [4.78, 5) is 26.5. The molecule has 0 spiro atoms. The smallest absolute Gasteiger partial charge is 0.339 e. The number of hydrogen-bond donors (Lipinski definition) is 1. The highest BCUT2D eigenvalue weighted by Crippen LogP contribution is 2.23. The Morgan fingerprint density at radius 3 is 2.50 bits per heavy atom. The zero-order valence-corrected chi connectivity index (χ0v) is 19.9. The molecule has 1 saturated heterocycles. The fourth-order valence-corrected chi connectivity index (χ4v) is 5.10. The van der Waals surface area contributed by atoms with Gasteiger partial charge in [0.25, 0.3) is 5.91 Å². The summed E-state index contributed by atoms with van der Waals surface area (Å²) in [6, 6.07) is 18.4. The van der Waals surface area contributed by atoms with Gasteiger partial charge in [-0.15, -0.1) is 0 Å². The Balaban J connectivity index is 1.42. The zero-order valence-electron chi connectivity index (χ0n) is 19.1. The fraction of sp³-hybridized carbons (Fsp3) is 0.231. The first-order chi connectivity index (χ1) is 16.2. The molecule has 3 aromatic rings. The average Bonchev–Trinajstić information content (AvgIpc) is 3.20. The first kappa shape index (κ1) is 23.5. The zero-order chi connectivity index (χ0) is 24.3. The van der Waals surface area contributed by atoms with Crippen molar-refractivity contribution in [3.63, 3.8) is 0 Å². The van der Waals surface area contributed by atoms with E-state index >= 15 is 0 Å². The van der Waals surface area contributed by atoms with Crippen molar-refractivity contribution in [1.29, 1.82) is 0 Å². The van der Waals surface area contributed by atoms with Gasteiger partial charge in [0.2, 0.25) is 5.91 Å². The molecule has 0 aromatic heterocycles. The van der Waals surface area contributed by atoms with E-state index in [4.69, 9.17) is 4.18 Å². The lowest BCUT2D eigenvalue weighted by atomic mass is 10.1. The molecule has 7 nitrogen and oxygen atoms in total. The summed E-state index contributed by atoms with van der Waals surface area (Å²) >= 11 is 0. The number of nitrogens with one attached hydrogen (secondary N) is 1. The highest BCUT2D eigenvalue weighted by atomic mass is 32.2. The minimum absolute atomic E-state index is 0.116. The summed E-state index contributed by atoms with van der Waals surface area (Å²) in [5.41, 5.74) is 3.32. The predicted molar refractivity (Wildman–Crippen MR) is 129 cm³/mol. The molecule has 176 valence electrons. The van der Waals surface area contributed by atoms with Gasteiger partial charge in [0.1, 0.15) is 10.6 Å². The van der Waals surface area contributed by atoms with Crippen LogP contribution >= 0.6 is 0 Å². The second kappa shape index (κ2) is 9.69. The van der Waals surface area contributed by atoms with Gasteiger partial charge >= 0.3 is 10.1 Å². The quantitative estimate of drug-likeness (QED) is 0.507. The predicted octanol–water partition coefficient (Wildman–Crippen LogP) is 4.45. The Kier molecular flexibility index (Phi) is 6.70. The number of amides is 2. The van der Waals surface area contributed by atoms with Crippen LogP contribution in [0.3, 0.4) is 0 Å². The van der Waals surface area contributed by atoms with Crippen LogP contribution in [0.4, 0.5) is 5.69 Å². The molecule has 1 aliphatic heterocycles. The molecule has 3 aromatic carbocycles. The minimum atomic E-state index is -4.00. The third-order valence-electron chi connectivity index (χ3n) is 5.67. The summed E-state index contributed by atoms with van der Waals surface area (Å²) < 4.78 is 30.6. The third kappa shape index (κ3) is 5.46. The summed E-state index contributed by atoms with van der Waals surface area (Å²) in [7, 11) is -4.00. The Hall–Kier alpha value is -3.65. The number of hydrogen-bond acceptors (Lipinski definition) is 5. The molecule has 0 unspecified atom stereocenters. The highest BCUT2D eigenvalue weighted by molar-refractivity contribution is 7.87. The Morgan fingerprint density at radius 2 is 1.79 bits per heavy atom. The molecule has 1 fully saturated rings. The summed E-state index contributed by atoms with van der Waals surface area (Å²) in [6.45, 7) is 4.79. The van der Waals surface area contributed by atoms with Crippen LogP contribution in [0, 0.1) is 13.8 Å². The van der Waals surface area contributed by atoms with Crippen LogP contribution in [0.2, 0.25) is 0 Å². The monoisotopic (exact) mass is 478 g/mol. The minimum Gasteiger partial charge on any atom is -0.379 e. The van der Waals surface area contributed by atoms with Gasteiger partial charge in [-0.1, -0.05) is 24.3 Å². The molecule has 4 rings (SSSR count). The summed E-state index contributed by atoms with van der Waals surface area (Å²) in [5.74, 6) is -0.0654. The Labute approximate surface area is 199 Å². The van der Waals surface area contributed by atoms with Gasteiger partial charge in [0.15, 0.2) is 0 Å². The van der Waals surface area contributed by atoms with E-state index in [1.807, 2.05) is 36.1 Å². The van der Waals surface area contributed by atoms with Crippen molar-refractivity contribution >= 4 is 27.6 Å². The molecule has 0 aliphatic carbocycles. The fourth-order valence-electron chi connectivity index (χ4n) is 3.85. The van der Waals surface area contributed by atoms with E-state index in [2.05, 4.69) is 5.32 Å². The van der Waals surface area contributed by atoms with Crippen LogP contribution in [-0.4, -0.2) is 31.7 Å². The van der Waals surface area contributed by atoms with Crippen LogP contribution in [-0.2, 0) is 21.5 Å². The lowest BCUT2D eigenvalue weighted by Crippen LogP contribution is -2.23. The topological polar surface area (TPSA) is 92.8 Å². The number of carbonyl (C=O) groups excluding carboxylic acids is 2. The SMILES string of the molecule is Cc1ccc(C)c(S(=O)(=O)Oc2ccc(C(=O)Nc3cccc(CN4CCCC4=O)c3)cc2)c1. The van der Waals surface area contributed by atoms with Gasteiger partial charge < -0.3 is 14.4 Å². The first-order valence-electron chi connectivity index (χ1n) is 11.0. The number of anilines is 1. The maximum Gasteiger partial charge on any atom is 0.339 e. The third-order valence-corrected chi connectivity index (χ3v) is 7.06. The molecule has 0 atom stereocenters. The van der Waals surface area contributed by atoms with Gasteiger partial charge in [-0.2, -0.15) is 8.42 Å². The Morgan fingerprint density at radius 1 is 1.03 bits per heavy atom. The van der Waals surface area contributed by atoms with Crippen molar-refractivity contribution in [2.45, 2.75) is 38.1 Å². The standard InChI is InChI=1S/C26H26N2O5S/c1-18-8-9-19(2)24(15-18)34(31,32)33-23-12-10-21(11-13-23)26(30)27-22-6-3-5-20(16-22)17-28-14-4-7-25(28)29/h3,5-6,8-13,15-16H,4,7,14,17H2,1-2H3,(H,27,30).